The molecular weight excluding hydrogens is 266 g/mol. The molecule has 4 atom stereocenters. The summed E-state index contributed by atoms with van der Waals surface area (Å²) in [7, 11) is 1.85. The van der Waals surface area contributed by atoms with Crippen LogP contribution in [0.25, 0.3) is 0 Å². The smallest absolute Gasteiger partial charge is 0.0939 e. The van der Waals surface area contributed by atoms with Gasteiger partial charge in [-0.3, -0.25) is 0 Å². The summed E-state index contributed by atoms with van der Waals surface area (Å²) in [5.74, 6) is 0.594. The van der Waals surface area contributed by atoms with Crippen LogP contribution in [0.1, 0.15) is 52.9 Å². The van der Waals surface area contributed by atoms with Gasteiger partial charge in [-0.2, -0.15) is 0 Å². The molecule has 0 amide bonds. The second-order valence-electron chi connectivity index (χ2n) is 6.89. The number of rotatable bonds is 7. The molecule has 2 aliphatic rings. The van der Waals surface area contributed by atoms with Gasteiger partial charge in [-0.05, 0) is 45.1 Å². The Bertz CT molecular complexity index is 311. The number of hydrogen-bond donors (Lipinski definition) is 1. The predicted molar refractivity (Wildman–Crippen MR) is 84.6 cm³/mol. The van der Waals surface area contributed by atoms with Crippen molar-refractivity contribution < 1.29 is 14.2 Å². The third-order valence-corrected chi connectivity index (χ3v) is 5.51. The van der Waals surface area contributed by atoms with E-state index in [2.05, 4.69) is 26.1 Å². The van der Waals surface area contributed by atoms with Crippen molar-refractivity contribution in [3.63, 3.8) is 0 Å². The Hall–Kier alpha value is -0.160. The summed E-state index contributed by atoms with van der Waals surface area (Å²) in [6, 6.07) is 0.383. The standard InChI is InChI=1S/C17H33NO3/c1-5-9-18-15(16(3,6-2)19-4)14-7-10-21-17(12-14)8-11-20-13-17/h14-15,18H,5-13H2,1-4H3. The van der Waals surface area contributed by atoms with Crippen molar-refractivity contribution in [3.05, 3.63) is 0 Å². The Labute approximate surface area is 129 Å². The van der Waals surface area contributed by atoms with E-state index in [0.717, 1.165) is 58.5 Å². The van der Waals surface area contributed by atoms with Gasteiger partial charge in [-0.25, -0.2) is 0 Å². The SMILES string of the molecule is CCCNC(C1CCOC2(CCOC2)C1)C(C)(CC)OC. The quantitative estimate of drug-likeness (QED) is 0.784. The van der Waals surface area contributed by atoms with Crippen LogP contribution in [-0.2, 0) is 14.2 Å². The molecule has 0 radical (unpaired) electrons. The second kappa shape index (κ2) is 7.40. The lowest BCUT2D eigenvalue weighted by Gasteiger charge is -2.46. The van der Waals surface area contributed by atoms with Crippen LogP contribution in [0.4, 0.5) is 0 Å². The maximum atomic E-state index is 6.10. The Balaban J connectivity index is 2.11. The van der Waals surface area contributed by atoms with Crippen molar-refractivity contribution in [2.24, 2.45) is 5.92 Å². The highest BCUT2D eigenvalue weighted by Gasteiger charge is 2.46. The van der Waals surface area contributed by atoms with Gasteiger partial charge in [0.05, 0.1) is 17.8 Å². The van der Waals surface area contributed by atoms with Crippen LogP contribution in [-0.4, -0.2) is 50.7 Å². The van der Waals surface area contributed by atoms with Crippen LogP contribution in [0.2, 0.25) is 0 Å². The average molecular weight is 299 g/mol. The van der Waals surface area contributed by atoms with Gasteiger partial charge in [0.15, 0.2) is 0 Å². The monoisotopic (exact) mass is 299 g/mol. The van der Waals surface area contributed by atoms with E-state index in [9.17, 15) is 0 Å². The minimum Gasteiger partial charge on any atom is -0.378 e. The molecule has 2 saturated heterocycles. The van der Waals surface area contributed by atoms with E-state index in [1.807, 2.05) is 7.11 Å². The van der Waals surface area contributed by atoms with Crippen LogP contribution >= 0.6 is 0 Å². The van der Waals surface area contributed by atoms with Crippen LogP contribution < -0.4 is 5.32 Å². The van der Waals surface area contributed by atoms with Gasteiger partial charge in [0.2, 0.25) is 0 Å². The summed E-state index contributed by atoms with van der Waals surface area (Å²) in [5, 5.41) is 3.77. The van der Waals surface area contributed by atoms with Gasteiger partial charge in [0.25, 0.3) is 0 Å². The zero-order valence-electron chi connectivity index (χ0n) is 14.2. The minimum atomic E-state index is -0.113. The predicted octanol–water partition coefficient (Wildman–Crippen LogP) is 2.76. The van der Waals surface area contributed by atoms with Gasteiger partial charge < -0.3 is 19.5 Å². The fraction of sp³-hybridized carbons (Fsp3) is 1.00. The Kier molecular flexibility index (Phi) is 6.06. The van der Waals surface area contributed by atoms with Gasteiger partial charge >= 0.3 is 0 Å². The summed E-state index contributed by atoms with van der Waals surface area (Å²) < 4.78 is 17.6. The van der Waals surface area contributed by atoms with Crippen LogP contribution in [0.3, 0.4) is 0 Å². The fourth-order valence-corrected chi connectivity index (χ4v) is 3.89. The summed E-state index contributed by atoms with van der Waals surface area (Å²) in [5.41, 5.74) is -0.144. The molecule has 4 heteroatoms. The molecule has 4 unspecified atom stereocenters. The second-order valence-corrected chi connectivity index (χ2v) is 6.89. The van der Waals surface area contributed by atoms with Crippen LogP contribution in [0, 0.1) is 5.92 Å². The number of nitrogens with one attached hydrogen (secondary N) is 1. The highest BCUT2D eigenvalue weighted by Crippen LogP contribution is 2.40. The largest absolute Gasteiger partial charge is 0.378 e. The van der Waals surface area contributed by atoms with Crippen molar-refractivity contribution in [3.8, 4) is 0 Å². The Morgan fingerprint density at radius 2 is 2.19 bits per heavy atom. The normalized spacial score (nSPS) is 34.0. The molecule has 1 spiro atoms. The molecule has 124 valence electrons. The van der Waals surface area contributed by atoms with E-state index in [-0.39, 0.29) is 11.2 Å². The zero-order chi connectivity index (χ0) is 15.3. The third kappa shape index (κ3) is 3.79. The van der Waals surface area contributed by atoms with Crippen molar-refractivity contribution in [2.75, 3.05) is 33.5 Å². The molecule has 0 aromatic heterocycles. The Morgan fingerprint density at radius 3 is 2.76 bits per heavy atom. The molecule has 0 aromatic rings. The first kappa shape index (κ1) is 17.2. The molecule has 0 aromatic carbocycles. The van der Waals surface area contributed by atoms with Crippen molar-refractivity contribution in [1.82, 2.24) is 5.32 Å². The molecule has 2 heterocycles. The molecule has 0 aliphatic carbocycles. The van der Waals surface area contributed by atoms with E-state index in [1.165, 1.54) is 0 Å². The maximum Gasteiger partial charge on any atom is 0.0939 e. The lowest BCUT2D eigenvalue weighted by molar-refractivity contribution is -0.124. The molecule has 0 saturated carbocycles. The number of ether oxygens (including phenoxy) is 3. The van der Waals surface area contributed by atoms with Crippen molar-refractivity contribution in [2.45, 2.75) is 70.1 Å². The topological polar surface area (TPSA) is 39.7 Å². The molecule has 2 rings (SSSR count). The van der Waals surface area contributed by atoms with Gasteiger partial charge in [0.1, 0.15) is 0 Å². The maximum absolute atomic E-state index is 6.10. The minimum absolute atomic E-state index is 0.0303. The van der Waals surface area contributed by atoms with E-state index in [1.54, 1.807) is 0 Å². The average Bonchev–Trinajstić information content (AvgIpc) is 2.95. The molecule has 1 N–H and O–H groups in total. The van der Waals surface area contributed by atoms with E-state index < -0.39 is 0 Å². The highest BCUT2D eigenvalue weighted by molar-refractivity contribution is 4.99. The van der Waals surface area contributed by atoms with Gasteiger partial charge in [-0.15, -0.1) is 0 Å². The molecule has 2 aliphatic heterocycles. The molecule has 0 bridgehead atoms. The molecular formula is C17H33NO3. The zero-order valence-corrected chi connectivity index (χ0v) is 14.2. The van der Waals surface area contributed by atoms with Crippen molar-refractivity contribution in [1.29, 1.82) is 0 Å². The Morgan fingerprint density at radius 1 is 1.38 bits per heavy atom. The summed E-state index contributed by atoms with van der Waals surface area (Å²) in [6.45, 7) is 10.2. The first-order valence-corrected chi connectivity index (χ1v) is 8.59. The first-order valence-electron chi connectivity index (χ1n) is 8.59. The van der Waals surface area contributed by atoms with E-state index in [4.69, 9.17) is 14.2 Å². The lowest BCUT2D eigenvalue weighted by atomic mass is 9.74. The first-order chi connectivity index (χ1) is 10.1. The fourth-order valence-electron chi connectivity index (χ4n) is 3.89. The van der Waals surface area contributed by atoms with Crippen LogP contribution in [0.15, 0.2) is 0 Å². The summed E-state index contributed by atoms with van der Waals surface area (Å²) in [6.07, 6.45) is 5.42. The molecule has 21 heavy (non-hydrogen) atoms. The third-order valence-electron chi connectivity index (χ3n) is 5.51. The molecule has 4 nitrogen and oxygen atoms in total. The van der Waals surface area contributed by atoms with E-state index >= 15 is 0 Å². The van der Waals surface area contributed by atoms with Crippen molar-refractivity contribution >= 4 is 0 Å². The number of hydrogen-bond acceptors (Lipinski definition) is 4. The lowest BCUT2D eigenvalue weighted by Crippen LogP contribution is -2.57. The summed E-state index contributed by atoms with van der Waals surface area (Å²) >= 11 is 0. The van der Waals surface area contributed by atoms with E-state index in [0.29, 0.717) is 12.0 Å². The highest BCUT2D eigenvalue weighted by atomic mass is 16.6. The van der Waals surface area contributed by atoms with Gasteiger partial charge in [-0.1, -0.05) is 13.8 Å². The number of methoxy groups -OCH3 is 1. The van der Waals surface area contributed by atoms with Gasteiger partial charge in [0, 0.05) is 32.8 Å². The molecule has 2 fully saturated rings. The van der Waals surface area contributed by atoms with Crippen LogP contribution in [0.5, 0.6) is 0 Å². The summed E-state index contributed by atoms with van der Waals surface area (Å²) in [4.78, 5) is 0.